The third-order valence-electron chi connectivity index (χ3n) is 2.69. The van der Waals surface area contributed by atoms with Crippen molar-refractivity contribution in [3.63, 3.8) is 0 Å². The van der Waals surface area contributed by atoms with Gasteiger partial charge in [0.2, 0.25) is 5.88 Å². The molecular weight excluding hydrogens is 236 g/mol. The predicted octanol–water partition coefficient (Wildman–Crippen LogP) is 3.46. The Kier molecular flexibility index (Phi) is 3.86. The standard InChI is InChI=1S/C16H20N2O/c1-12-4-9-15(18-11-12)19-14-7-5-13(6-8-14)10-16(2,3)17/h4-9,11H,10,17H2,1-3H3. The number of aryl methyl sites for hydroxylation is 1. The van der Waals surface area contributed by atoms with Crippen LogP contribution in [0, 0.1) is 6.92 Å². The molecule has 2 N–H and O–H groups in total. The first-order valence-electron chi connectivity index (χ1n) is 6.41. The molecule has 3 nitrogen and oxygen atoms in total. The van der Waals surface area contributed by atoms with E-state index in [1.807, 2.05) is 57.2 Å². The highest BCUT2D eigenvalue weighted by atomic mass is 16.5. The highest BCUT2D eigenvalue weighted by Crippen LogP contribution is 2.21. The number of pyridine rings is 1. The minimum absolute atomic E-state index is 0.194. The van der Waals surface area contributed by atoms with E-state index in [0.717, 1.165) is 17.7 Å². The number of rotatable bonds is 4. The first-order chi connectivity index (χ1) is 8.92. The second-order valence-electron chi connectivity index (χ2n) is 5.59. The molecule has 0 radical (unpaired) electrons. The fraction of sp³-hybridized carbons (Fsp3) is 0.312. The summed E-state index contributed by atoms with van der Waals surface area (Å²) in [5, 5.41) is 0. The zero-order chi connectivity index (χ0) is 13.9. The molecule has 1 aromatic heterocycles. The molecule has 19 heavy (non-hydrogen) atoms. The van der Waals surface area contributed by atoms with Crippen molar-refractivity contribution < 1.29 is 4.74 Å². The lowest BCUT2D eigenvalue weighted by molar-refractivity contribution is 0.461. The SMILES string of the molecule is Cc1ccc(Oc2ccc(CC(C)(C)N)cc2)nc1. The van der Waals surface area contributed by atoms with Gasteiger partial charge in [-0.3, -0.25) is 0 Å². The number of ether oxygens (including phenoxy) is 1. The molecule has 0 aliphatic rings. The quantitative estimate of drug-likeness (QED) is 0.911. The van der Waals surface area contributed by atoms with Crippen LogP contribution in [0.4, 0.5) is 0 Å². The second kappa shape index (κ2) is 5.41. The lowest BCUT2D eigenvalue weighted by atomic mass is 9.96. The van der Waals surface area contributed by atoms with Gasteiger partial charge in [0, 0.05) is 17.8 Å². The molecule has 0 bridgehead atoms. The van der Waals surface area contributed by atoms with Crippen LogP contribution in [0.25, 0.3) is 0 Å². The molecule has 0 saturated carbocycles. The number of aromatic nitrogens is 1. The van der Waals surface area contributed by atoms with Gasteiger partial charge in [-0.15, -0.1) is 0 Å². The van der Waals surface area contributed by atoms with Gasteiger partial charge < -0.3 is 10.5 Å². The number of hydrogen-bond donors (Lipinski definition) is 1. The van der Waals surface area contributed by atoms with E-state index in [2.05, 4.69) is 4.98 Å². The van der Waals surface area contributed by atoms with Crippen molar-refractivity contribution in [2.75, 3.05) is 0 Å². The summed E-state index contributed by atoms with van der Waals surface area (Å²) in [5.41, 5.74) is 8.13. The van der Waals surface area contributed by atoms with Crippen molar-refractivity contribution in [1.82, 2.24) is 4.98 Å². The van der Waals surface area contributed by atoms with Crippen LogP contribution in [0.2, 0.25) is 0 Å². The molecule has 100 valence electrons. The van der Waals surface area contributed by atoms with Crippen molar-refractivity contribution in [3.05, 3.63) is 53.7 Å². The molecule has 1 aromatic carbocycles. The lowest BCUT2D eigenvalue weighted by Gasteiger charge is -2.18. The molecule has 0 aliphatic heterocycles. The first-order valence-corrected chi connectivity index (χ1v) is 6.41. The van der Waals surface area contributed by atoms with Gasteiger partial charge in [0.25, 0.3) is 0 Å². The van der Waals surface area contributed by atoms with Gasteiger partial charge in [0.05, 0.1) is 0 Å². The summed E-state index contributed by atoms with van der Waals surface area (Å²) in [6.45, 7) is 6.04. The summed E-state index contributed by atoms with van der Waals surface area (Å²) in [7, 11) is 0. The Morgan fingerprint density at radius 1 is 1.11 bits per heavy atom. The van der Waals surface area contributed by atoms with Gasteiger partial charge in [0.1, 0.15) is 5.75 Å². The Labute approximate surface area is 114 Å². The Hall–Kier alpha value is -1.87. The molecule has 0 aliphatic carbocycles. The van der Waals surface area contributed by atoms with E-state index in [9.17, 15) is 0 Å². The first kappa shape index (κ1) is 13.6. The zero-order valence-corrected chi connectivity index (χ0v) is 11.7. The Bertz CT molecular complexity index is 524. The summed E-state index contributed by atoms with van der Waals surface area (Å²) >= 11 is 0. The third-order valence-corrected chi connectivity index (χ3v) is 2.69. The van der Waals surface area contributed by atoms with E-state index in [1.54, 1.807) is 6.20 Å². The average molecular weight is 256 g/mol. The van der Waals surface area contributed by atoms with Gasteiger partial charge in [-0.25, -0.2) is 4.98 Å². The zero-order valence-electron chi connectivity index (χ0n) is 11.7. The Balaban J connectivity index is 2.04. The monoisotopic (exact) mass is 256 g/mol. The second-order valence-corrected chi connectivity index (χ2v) is 5.59. The fourth-order valence-corrected chi connectivity index (χ4v) is 1.84. The van der Waals surface area contributed by atoms with Gasteiger partial charge in [0.15, 0.2) is 0 Å². The highest BCUT2D eigenvalue weighted by Gasteiger charge is 2.11. The number of nitrogens with two attached hydrogens (primary N) is 1. The normalized spacial score (nSPS) is 11.4. The summed E-state index contributed by atoms with van der Waals surface area (Å²) in [6, 6.07) is 11.8. The lowest BCUT2D eigenvalue weighted by Crippen LogP contribution is -2.34. The largest absolute Gasteiger partial charge is 0.439 e. The Morgan fingerprint density at radius 3 is 2.32 bits per heavy atom. The summed E-state index contributed by atoms with van der Waals surface area (Å²) < 4.78 is 5.68. The third kappa shape index (κ3) is 4.38. The van der Waals surface area contributed by atoms with Crippen LogP contribution < -0.4 is 10.5 Å². The van der Waals surface area contributed by atoms with Crippen LogP contribution in [-0.4, -0.2) is 10.5 Å². The van der Waals surface area contributed by atoms with Gasteiger partial charge in [-0.05, 0) is 50.5 Å². The summed E-state index contributed by atoms with van der Waals surface area (Å²) in [6.07, 6.45) is 2.64. The van der Waals surface area contributed by atoms with Crippen molar-refractivity contribution >= 4 is 0 Å². The maximum absolute atomic E-state index is 6.00. The maximum atomic E-state index is 6.00. The van der Waals surface area contributed by atoms with Crippen molar-refractivity contribution in [2.45, 2.75) is 32.7 Å². The van der Waals surface area contributed by atoms with Crippen LogP contribution in [0.3, 0.4) is 0 Å². The minimum atomic E-state index is -0.194. The van der Waals surface area contributed by atoms with Crippen molar-refractivity contribution in [2.24, 2.45) is 5.73 Å². The maximum Gasteiger partial charge on any atom is 0.219 e. The van der Waals surface area contributed by atoms with Crippen molar-refractivity contribution in [1.29, 1.82) is 0 Å². The van der Waals surface area contributed by atoms with E-state index < -0.39 is 0 Å². The van der Waals surface area contributed by atoms with Crippen LogP contribution in [0.1, 0.15) is 25.0 Å². The molecule has 0 atom stereocenters. The van der Waals surface area contributed by atoms with E-state index in [0.29, 0.717) is 5.88 Å². The van der Waals surface area contributed by atoms with E-state index in [4.69, 9.17) is 10.5 Å². The van der Waals surface area contributed by atoms with Gasteiger partial charge in [-0.2, -0.15) is 0 Å². The van der Waals surface area contributed by atoms with E-state index in [-0.39, 0.29) is 5.54 Å². The molecule has 2 aromatic rings. The smallest absolute Gasteiger partial charge is 0.219 e. The molecule has 2 rings (SSSR count). The fourth-order valence-electron chi connectivity index (χ4n) is 1.84. The molecule has 3 heteroatoms. The van der Waals surface area contributed by atoms with Crippen LogP contribution in [0.15, 0.2) is 42.6 Å². The van der Waals surface area contributed by atoms with Gasteiger partial charge in [-0.1, -0.05) is 18.2 Å². The summed E-state index contributed by atoms with van der Waals surface area (Å²) in [5.74, 6) is 1.40. The predicted molar refractivity (Wildman–Crippen MR) is 77.5 cm³/mol. The van der Waals surface area contributed by atoms with Crippen LogP contribution >= 0.6 is 0 Å². The average Bonchev–Trinajstić information content (AvgIpc) is 2.33. The Morgan fingerprint density at radius 2 is 1.79 bits per heavy atom. The van der Waals surface area contributed by atoms with E-state index >= 15 is 0 Å². The molecule has 0 saturated heterocycles. The topological polar surface area (TPSA) is 48.1 Å². The van der Waals surface area contributed by atoms with Crippen LogP contribution in [-0.2, 0) is 6.42 Å². The summed E-state index contributed by atoms with van der Waals surface area (Å²) in [4.78, 5) is 4.21. The number of benzene rings is 1. The molecular formula is C16H20N2O. The molecule has 0 amide bonds. The van der Waals surface area contributed by atoms with Gasteiger partial charge >= 0.3 is 0 Å². The molecule has 0 unspecified atom stereocenters. The molecule has 1 heterocycles. The number of nitrogens with zero attached hydrogens (tertiary/aromatic N) is 1. The minimum Gasteiger partial charge on any atom is -0.439 e. The molecule has 0 spiro atoms. The van der Waals surface area contributed by atoms with Crippen LogP contribution in [0.5, 0.6) is 11.6 Å². The van der Waals surface area contributed by atoms with E-state index in [1.165, 1.54) is 5.56 Å². The number of hydrogen-bond acceptors (Lipinski definition) is 3. The highest BCUT2D eigenvalue weighted by molar-refractivity contribution is 5.31. The molecule has 0 fully saturated rings. The van der Waals surface area contributed by atoms with Crippen molar-refractivity contribution in [3.8, 4) is 11.6 Å².